The summed E-state index contributed by atoms with van der Waals surface area (Å²) in [6, 6.07) is 12.2. The summed E-state index contributed by atoms with van der Waals surface area (Å²) in [5.74, 6) is 0. The zero-order valence-electron chi connectivity index (χ0n) is 15.6. The number of nitrogens with zero attached hydrogens (tertiary/aromatic N) is 2. The molecule has 0 amide bonds. The van der Waals surface area contributed by atoms with Crippen LogP contribution in [0, 0.1) is 13.8 Å². The normalized spacial score (nSPS) is 15.8. The van der Waals surface area contributed by atoms with Crippen LogP contribution in [-0.2, 0) is 11.3 Å². The molecule has 1 fully saturated rings. The standard InChI is InChI=1S/C22H26N2O2/c1-16-14-17(2)21-19(15-16)22(25)18-6-3-4-7-20(18)24(21)9-5-8-23-10-12-26-13-11-23/h3-4,6-7,14-15H,5,8-13H2,1-2H3. The lowest BCUT2D eigenvalue weighted by molar-refractivity contribution is 0.0370. The van der Waals surface area contributed by atoms with Gasteiger partial charge < -0.3 is 9.30 Å². The van der Waals surface area contributed by atoms with E-state index in [1.54, 1.807) is 0 Å². The van der Waals surface area contributed by atoms with Gasteiger partial charge in [-0.2, -0.15) is 0 Å². The first-order chi connectivity index (χ1) is 12.6. The molecular weight excluding hydrogens is 324 g/mol. The molecule has 1 saturated heterocycles. The fourth-order valence-electron chi connectivity index (χ4n) is 4.17. The minimum absolute atomic E-state index is 0.145. The maximum atomic E-state index is 13.0. The molecule has 4 rings (SSSR count). The smallest absolute Gasteiger partial charge is 0.197 e. The van der Waals surface area contributed by atoms with Crippen LogP contribution in [0.25, 0.3) is 21.8 Å². The highest BCUT2D eigenvalue weighted by atomic mass is 16.5. The van der Waals surface area contributed by atoms with Gasteiger partial charge in [0.1, 0.15) is 0 Å². The molecule has 0 aliphatic carbocycles. The van der Waals surface area contributed by atoms with E-state index in [1.807, 2.05) is 24.3 Å². The Morgan fingerprint density at radius 2 is 1.77 bits per heavy atom. The van der Waals surface area contributed by atoms with Crippen LogP contribution in [0.5, 0.6) is 0 Å². The molecule has 136 valence electrons. The van der Waals surface area contributed by atoms with Gasteiger partial charge in [-0.05, 0) is 49.6 Å². The van der Waals surface area contributed by atoms with Crippen molar-refractivity contribution in [2.75, 3.05) is 32.8 Å². The first-order valence-corrected chi connectivity index (χ1v) is 9.48. The summed E-state index contributed by atoms with van der Waals surface area (Å²) in [7, 11) is 0. The highest BCUT2D eigenvalue weighted by molar-refractivity contribution is 5.95. The van der Waals surface area contributed by atoms with Crippen molar-refractivity contribution >= 4 is 21.8 Å². The van der Waals surface area contributed by atoms with Gasteiger partial charge in [-0.1, -0.05) is 18.2 Å². The number of aryl methyl sites for hydroxylation is 3. The van der Waals surface area contributed by atoms with Gasteiger partial charge in [-0.15, -0.1) is 0 Å². The van der Waals surface area contributed by atoms with Gasteiger partial charge in [0.2, 0.25) is 0 Å². The minimum atomic E-state index is 0.145. The lowest BCUT2D eigenvalue weighted by Gasteiger charge is -2.27. The van der Waals surface area contributed by atoms with Crippen LogP contribution in [-0.4, -0.2) is 42.3 Å². The Balaban J connectivity index is 1.77. The summed E-state index contributed by atoms with van der Waals surface area (Å²) >= 11 is 0. The van der Waals surface area contributed by atoms with Crippen molar-refractivity contribution in [1.29, 1.82) is 0 Å². The molecule has 26 heavy (non-hydrogen) atoms. The van der Waals surface area contributed by atoms with Gasteiger partial charge in [0.15, 0.2) is 5.43 Å². The lowest BCUT2D eigenvalue weighted by atomic mass is 10.0. The van der Waals surface area contributed by atoms with E-state index in [0.29, 0.717) is 0 Å². The molecule has 1 aromatic heterocycles. The summed E-state index contributed by atoms with van der Waals surface area (Å²) in [5.41, 5.74) is 4.59. The lowest BCUT2D eigenvalue weighted by Crippen LogP contribution is -2.37. The summed E-state index contributed by atoms with van der Waals surface area (Å²) < 4.78 is 7.79. The number of aromatic nitrogens is 1. The van der Waals surface area contributed by atoms with E-state index in [9.17, 15) is 4.79 Å². The monoisotopic (exact) mass is 350 g/mol. The van der Waals surface area contributed by atoms with Crippen molar-refractivity contribution in [1.82, 2.24) is 9.47 Å². The topological polar surface area (TPSA) is 34.5 Å². The number of hydrogen-bond acceptors (Lipinski definition) is 3. The third-order valence-corrected chi connectivity index (χ3v) is 5.36. The van der Waals surface area contributed by atoms with Gasteiger partial charge in [-0.25, -0.2) is 0 Å². The number of ether oxygens (including phenoxy) is 1. The number of rotatable bonds is 4. The predicted molar refractivity (Wildman–Crippen MR) is 107 cm³/mol. The van der Waals surface area contributed by atoms with E-state index in [2.05, 4.69) is 35.4 Å². The minimum Gasteiger partial charge on any atom is -0.379 e. The van der Waals surface area contributed by atoms with Crippen LogP contribution in [0.1, 0.15) is 17.5 Å². The third-order valence-electron chi connectivity index (χ3n) is 5.36. The predicted octanol–water partition coefficient (Wildman–Crippen LogP) is 3.49. The Labute approximate surface area is 154 Å². The molecule has 0 spiro atoms. The Bertz CT molecular complexity index is 1000. The molecule has 0 unspecified atom stereocenters. The average Bonchev–Trinajstić information content (AvgIpc) is 2.65. The molecule has 0 N–H and O–H groups in total. The number of hydrogen-bond donors (Lipinski definition) is 0. The second-order valence-corrected chi connectivity index (χ2v) is 7.28. The molecule has 4 heteroatoms. The van der Waals surface area contributed by atoms with Crippen molar-refractivity contribution in [3.63, 3.8) is 0 Å². The van der Waals surface area contributed by atoms with Gasteiger partial charge in [0.05, 0.1) is 24.2 Å². The Morgan fingerprint density at radius 3 is 2.58 bits per heavy atom. The molecule has 2 heterocycles. The fourth-order valence-corrected chi connectivity index (χ4v) is 4.17. The molecule has 3 aromatic rings. The number of pyridine rings is 1. The summed E-state index contributed by atoms with van der Waals surface area (Å²) in [4.78, 5) is 15.5. The third kappa shape index (κ3) is 3.15. The highest BCUT2D eigenvalue weighted by Crippen LogP contribution is 2.24. The molecule has 0 saturated carbocycles. The number of benzene rings is 2. The largest absolute Gasteiger partial charge is 0.379 e. The zero-order valence-corrected chi connectivity index (χ0v) is 15.6. The van der Waals surface area contributed by atoms with Crippen molar-refractivity contribution in [3.05, 3.63) is 57.7 Å². The molecular formula is C22H26N2O2. The summed E-state index contributed by atoms with van der Waals surface area (Å²) in [5, 5.41) is 1.66. The van der Waals surface area contributed by atoms with Crippen LogP contribution >= 0.6 is 0 Å². The first kappa shape index (κ1) is 17.3. The van der Waals surface area contributed by atoms with Gasteiger partial charge in [-0.3, -0.25) is 9.69 Å². The average molecular weight is 350 g/mol. The van der Waals surface area contributed by atoms with E-state index in [4.69, 9.17) is 4.74 Å². The van der Waals surface area contributed by atoms with Crippen molar-refractivity contribution < 1.29 is 4.74 Å². The van der Waals surface area contributed by atoms with E-state index in [-0.39, 0.29) is 5.43 Å². The van der Waals surface area contributed by atoms with Gasteiger partial charge in [0, 0.05) is 37.0 Å². The summed E-state index contributed by atoms with van der Waals surface area (Å²) in [6.07, 6.45) is 1.06. The maximum Gasteiger partial charge on any atom is 0.197 e. The van der Waals surface area contributed by atoms with Crippen LogP contribution in [0.15, 0.2) is 41.2 Å². The Hall–Kier alpha value is -2.17. The maximum absolute atomic E-state index is 13.0. The fraction of sp³-hybridized carbons (Fsp3) is 0.409. The molecule has 0 atom stereocenters. The van der Waals surface area contributed by atoms with Crippen LogP contribution in [0.4, 0.5) is 0 Å². The number of morpholine rings is 1. The molecule has 1 aliphatic rings. The zero-order chi connectivity index (χ0) is 18.1. The first-order valence-electron chi connectivity index (χ1n) is 9.48. The highest BCUT2D eigenvalue weighted by Gasteiger charge is 2.14. The molecule has 4 nitrogen and oxygen atoms in total. The van der Waals surface area contributed by atoms with Crippen molar-refractivity contribution in [2.45, 2.75) is 26.8 Å². The van der Waals surface area contributed by atoms with Gasteiger partial charge >= 0.3 is 0 Å². The number of para-hydroxylation sites is 1. The molecule has 0 bridgehead atoms. The molecule has 1 aliphatic heterocycles. The molecule has 0 radical (unpaired) electrons. The Morgan fingerprint density at radius 1 is 1.00 bits per heavy atom. The Kier molecular flexibility index (Phi) is 4.79. The number of fused-ring (bicyclic) bond motifs is 2. The second kappa shape index (κ2) is 7.22. The van der Waals surface area contributed by atoms with E-state index in [1.165, 1.54) is 5.56 Å². The van der Waals surface area contributed by atoms with Gasteiger partial charge in [0.25, 0.3) is 0 Å². The van der Waals surface area contributed by atoms with Crippen molar-refractivity contribution in [3.8, 4) is 0 Å². The molecule has 2 aromatic carbocycles. The SMILES string of the molecule is Cc1cc(C)c2c(c1)c(=O)c1ccccc1n2CCCN1CCOCC1. The van der Waals surface area contributed by atoms with Crippen LogP contribution in [0.2, 0.25) is 0 Å². The summed E-state index contributed by atoms with van der Waals surface area (Å²) in [6.45, 7) is 9.86. The van der Waals surface area contributed by atoms with Crippen LogP contribution < -0.4 is 5.43 Å². The van der Waals surface area contributed by atoms with E-state index < -0.39 is 0 Å². The van der Waals surface area contributed by atoms with E-state index >= 15 is 0 Å². The second-order valence-electron chi connectivity index (χ2n) is 7.28. The van der Waals surface area contributed by atoms with Crippen molar-refractivity contribution in [2.24, 2.45) is 0 Å². The van der Waals surface area contributed by atoms with Crippen LogP contribution in [0.3, 0.4) is 0 Å². The quantitative estimate of drug-likeness (QED) is 0.676. The van der Waals surface area contributed by atoms with E-state index in [0.717, 1.165) is 73.2 Å².